The number of benzene rings is 2. The van der Waals surface area contributed by atoms with E-state index in [1.54, 1.807) is 12.1 Å². The van der Waals surface area contributed by atoms with Crippen LogP contribution in [0.5, 0.6) is 0 Å². The third-order valence-corrected chi connectivity index (χ3v) is 5.78. The molecule has 0 bridgehead atoms. The van der Waals surface area contributed by atoms with Crippen LogP contribution in [0.4, 0.5) is 11.4 Å². The van der Waals surface area contributed by atoms with Crippen molar-refractivity contribution in [3.63, 3.8) is 0 Å². The fourth-order valence-corrected chi connectivity index (χ4v) is 3.95. The largest absolute Gasteiger partial charge is 0.326 e. The van der Waals surface area contributed by atoms with Crippen LogP contribution in [0.15, 0.2) is 47.4 Å². The minimum Gasteiger partial charge on any atom is -0.326 e. The maximum Gasteiger partial charge on any atom is 0.241 e. The Morgan fingerprint density at radius 1 is 1.15 bits per heavy atom. The van der Waals surface area contributed by atoms with Gasteiger partial charge in [0.05, 0.1) is 11.4 Å². The molecule has 3 rings (SSSR count). The summed E-state index contributed by atoms with van der Waals surface area (Å²) in [5, 5.41) is 5.44. The van der Waals surface area contributed by atoms with Crippen LogP contribution in [0, 0.1) is 0 Å². The van der Waals surface area contributed by atoms with Gasteiger partial charge in [0.15, 0.2) is 0 Å². The highest BCUT2D eigenvalue weighted by molar-refractivity contribution is 7.89. The van der Waals surface area contributed by atoms with Crippen molar-refractivity contribution in [1.82, 2.24) is 4.72 Å². The second-order valence-corrected chi connectivity index (χ2v) is 8.02. The van der Waals surface area contributed by atoms with E-state index in [1.165, 1.54) is 12.1 Å². The zero-order chi connectivity index (χ0) is 19.4. The van der Waals surface area contributed by atoms with Crippen molar-refractivity contribution in [1.29, 1.82) is 0 Å². The Balaban J connectivity index is 1.66. The molecule has 142 valence electrons. The summed E-state index contributed by atoms with van der Waals surface area (Å²) in [5.41, 5.74) is 3.04. The summed E-state index contributed by atoms with van der Waals surface area (Å²) in [6, 6.07) is 11.9. The first kappa shape index (κ1) is 19.1. The van der Waals surface area contributed by atoms with Gasteiger partial charge in [-0.2, -0.15) is 0 Å². The van der Waals surface area contributed by atoms with Crippen LogP contribution in [-0.2, 0) is 32.5 Å². The highest BCUT2D eigenvalue weighted by atomic mass is 32.2. The van der Waals surface area contributed by atoms with Crippen molar-refractivity contribution in [2.75, 3.05) is 17.2 Å². The summed E-state index contributed by atoms with van der Waals surface area (Å²) in [4.78, 5) is 23.6. The normalized spacial score (nSPS) is 13.6. The molecule has 1 aliphatic rings. The first-order valence-corrected chi connectivity index (χ1v) is 10.2. The Hall–Kier alpha value is -2.71. The Kier molecular flexibility index (Phi) is 5.57. The molecule has 0 aliphatic carbocycles. The first-order valence-electron chi connectivity index (χ1n) is 8.69. The Bertz CT molecular complexity index is 986. The van der Waals surface area contributed by atoms with Crippen LogP contribution >= 0.6 is 0 Å². The van der Waals surface area contributed by atoms with E-state index in [9.17, 15) is 18.0 Å². The van der Waals surface area contributed by atoms with Crippen molar-refractivity contribution in [2.45, 2.75) is 31.1 Å². The molecule has 7 nitrogen and oxygen atoms in total. The summed E-state index contributed by atoms with van der Waals surface area (Å²) < 4.78 is 27.3. The average Bonchev–Trinajstić information content (AvgIpc) is 2.66. The number of hydrogen-bond donors (Lipinski definition) is 3. The smallest absolute Gasteiger partial charge is 0.241 e. The Morgan fingerprint density at radius 2 is 1.93 bits per heavy atom. The predicted molar refractivity (Wildman–Crippen MR) is 103 cm³/mol. The molecule has 0 saturated carbocycles. The Morgan fingerprint density at radius 3 is 2.70 bits per heavy atom. The van der Waals surface area contributed by atoms with E-state index in [-0.39, 0.29) is 17.3 Å². The molecule has 1 aliphatic heterocycles. The Labute approximate surface area is 158 Å². The van der Waals surface area contributed by atoms with Gasteiger partial charge in [-0.15, -0.1) is 0 Å². The van der Waals surface area contributed by atoms with Gasteiger partial charge in [-0.25, -0.2) is 13.1 Å². The van der Waals surface area contributed by atoms with Crippen LogP contribution < -0.4 is 15.4 Å². The molecule has 2 amide bonds. The molecule has 3 N–H and O–H groups in total. The van der Waals surface area contributed by atoms with Gasteiger partial charge in [0, 0.05) is 17.8 Å². The summed E-state index contributed by atoms with van der Waals surface area (Å²) in [7, 11) is -3.83. The lowest BCUT2D eigenvalue weighted by Crippen LogP contribution is -2.33. The molecule has 2 aromatic carbocycles. The monoisotopic (exact) mass is 387 g/mol. The van der Waals surface area contributed by atoms with E-state index in [2.05, 4.69) is 15.4 Å². The molecule has 0 saturated heterocycles. The van der Waals surface area contributed by atoms with Gasteiger partial charge in [-0.1, -0.05) is 25.1 Å². The maximum absolute atomic E-state index is 12.5. The second kappa shape index (κ2) is 7.89. The lowest BCUT2D eigenvalue weighted by atomic mass is 10.0. The van der Waals surface area contributed by atoms with Gasteiger partial charge in [-0.3, -0.25) is 9.59 Å². The van der Waals surface area contributed by atoms with Gasteiger partial charge in [0.2, 0.25) is 21.8 Å². The topological polar surface area (TPSA) is 104 Å². The lowest BCUT2D eigenvalue weighted by Gasteiger charge is -2.17. The number of carbonyl (C=O) groups excluding carboxylic acids is 2. The van der Waals surface area contributed by atoms with E-state index >= 15 is 0 Å². The molecule has 0 fully saturated rings. The number of amides is 2. The highest BCUT2D eigenvalue weighted by Gasteiger charge is 2.20. The first-order chi connectivity index (χ1) is 12.9. The number of hydrogen-bond acceptors (Lipinski definition) is 4. The molecule has 2 aromatic rings. The number of rotatable bonds is 6. The molecule has 0 spiro atoms. The summed E-state index contributed by atoms with van der Waals surface area (Å²) in [6.45, 7) is 1.61. The van der Waals surface area contributed by atoms with Gasteiger partial charge in [0.25, 0.3) is 0 Å². The van der Waals surface area contributed by atoms with Crippen LogP contribution in [0.2, 0.25) is 0 Å². The van der Waals surface area contributed by atoms with Crippen molar-refractivity contribution in [2.24, 2.45) is 0 Å². The van der Waals surface area contributed by atoms with Crippen molar-refractivity contribution in [3.8, 4) is 0 Å². The van der Waals surface area contributed by atoms with E-state index in [1.807, 2.05) is 25.1 Å². The number of sulfonamides is 1. The van der Waals surface area contributed by atoms with Gasteiger partial charge >= 0.3 is 0 Å². The van der Waals surface area contributed by atoms with E-state index in [4.69, 9.17) is 0 Å². The van der Waals surface area contributed by atoms with Crippen LogP contribution in [0.3, 0.4) is 0 Å². The molecule has 27 heavy (non-hydrogen) atoms. The number of nitrogens with one attached hydrogen (secondary N) is 3. The van der Waals surface area contributed by atoms with Gasteiger partial charge in [0.1, 0.15) is 0 Å². The number of anilines is 2. The third-order valence-electron chi connectivity index (χ3n) is 4.38. The summed E-state index contributed by atoms with van der Waals surface area (Å²) in [6.07, 6.45) is 1.57. The third kappa shape index (κ3) is 4.53. The molecule has 8 heteroatoms. The SMILES string of the molecule is CCc1ccccc1NC(=O)CNS(=O)(=O)c1ccc2c(c1)CCC(=O)N2. The number of aryl methyl sites for hydroxylation is 2. The fourth-order valence-electron chi connectivity index (χ4n) is 2.92. The van der Waals surface area contributed by atoms with Crippen LogP contribution in [0.25, 0.3) is 0 Å². The zero-order valence-electron chi connectivity index (χ0n) is 14.9. The van der Waals surface area contributed by atoms with Gasteiger partial charge in [-0.05, 0) is 48.2 Å². The molecular weight excluding hydrogens is 366 g/mol. The summed E-state index contributed by atoms with van der Waals surface area (Å²) >= 11 is 0. The van der Waals surface area contributed by atoms with Crippen LogP contribution in [0.1, 0.15) is 24.5 Å². The quantitative estimate of drug-likeness (QED) is 0.705. The van der Waals surface area contributed by atoms with E-state index < -0.39 is 15.9 Å². The highest BCUT2D eigenvalue weighted by Crippen LogP contribution is 2.25. The van der Waals surface area contributed by atoms with E-state index in [0.717, 1.165) is 17.5 Å². The summed E-state index contributed by atoms with van der Waals surface area (Å²) in [5.74, 6) is -0.523. The molecule has 0 atom stereocenters. The molecule has 0 aromatic heterocycles. The number of fused-ring (bicyclic) bond motifs is 1. The number of carbonyl (C=O) groups is 2. The zero-order valence-corrected chi connectivity index (χ0v) is 15.7. The minimum atomic E-state index is -3.83. The predicted octanol–water partition coefficient (Wildman–Crippen LogP) is 2.05. The molecule has 1 heterocycles. The molecule has 0 radical (unpaired) electrons. The van der Waals surface area contributed by atoms with E-state index in [0.29, 0.717) is 24.2 Å². The number of para-hydroxylation sites is 1. The lowest BCUT2D eigenvalue weighted by molar-refractivity contribution is -0.116. The average molecular weight is 387 g/mol. The van der Waals surface area contributed by atoms with Crippen molar-refractivity contribution in [3.05, 3.63) is 53.6 Å². The minimum absolute atomic E-state index is 0.0687. The second-order valence-electron chi connectivity index (χ2n) is 6.25. The fraction of sp³-hybridized carbons (Fsp3) is 0.263. The van der Waals surface area contributed by atoms with Gasteiger partial charge < -0.3 is 10.6 Å². The maximum atomic E-state index is 12.5. The molecular formula is C19H21N3O4S. The standard InChI is InChI=1S/C19H21N3O4S/c1-2-13-5-3-4-6-16(13)22-19(24)12-20-27(25,26)15-8-9-17-14(11-15)7-10-18(23)21-17/h3-6,8-9,11,20H,2,7,10,12H2,1H3,(H,21,23)(H,22,24). The van der Waals surface area contributed by atoms with Crippen molar-refractivity contribution < 1.29 is 18.0 Å². The molecule has 0 unspecified atom stereocenters. The van der Waals surface area contributed by atoms with Crippen molar-refractivity contribution >= 4 is 33.2 Å². The van der Waals surface area contributed by atoms with Crippen LogP contribution in [-0.4, -0.2) is 26.8 Å².